The van der Waals surface area contributed by atoms with E-state index in [0.717, 1.165) is 25.6 Å². The highest BCUT2D eigenvalue weighted by molar-refractivity contribution is 7.99. The molecule has 0 aliphatic heterocycles. The van der Waals surface area contributed by atoms with Crippen molar-refractivity contribution in [3.05, 3.63) is 66.2 Å². The van der Waals surface area contributed by atoms with Crippen LogP contribution < -0.4 is 11.1 Å². The third-order valence-corrected chi connectivity index (χ3v) is 7.59. The molecule has 31 heavy (non-hydrogen) atoms. The summed E-state index contributed by atoms with van der Waals surface area (Å²) >= 11 is 4.17. The summed E-state index contributed by atoms with van der Waals surface area (Å²) < 4.78 is 3.06. The number of hydrogen-bond donors (Lipinski definition) is 2. The van der Waals surface area contributed by atoms with E-state index in [1.807, 2.05) is 59.0 Å². The number of hydrogen-bond acceptors (Lipinski definition) is 7. The molecule has 3 aromatic heterocycles. The van der Waals surface area contributed by atoms with E-state index in [2.05, 4.69) is 15.5 Å². The Morgan fingerprint density at radius 3 is 2.61 bits per heavy atom. The number of carbonyl (C=O) groups is 2. The van der Waals surface area contributed by atoms with Gasteiger partial charge in [0.05, 0.1) is 21.5 Å². The van der Waals surface area contributed by atoms with Crippen LogP contribution >= 0.6 is 34.4 Å². The van der Waals surface area contributed by atoms with Gasteiger partial charge in [-0.2, -0.15) is 0 Å². The van der Waals surface area contributed by atoms with Crippen LogP contribution in [-0.2, 0) is 4.79 Å². The maximum absolute atomic E-state index is 12.6. The standard InChI is InChI=1S/C21H15N5O2S3/c22-18(28)13-10-16(12-6-2-1-3-7-12)30-19(13)23-17(27)11-29-20-24-25-21-26(20)14-8-4-5-9-15(14)31-21/h1-10H,11H2,(H2,22,28)(H,23,27). The Morgan fingerprint density at radius 2 is 1.81 bits per heavy atom. The van der Waals surface area contributed by atoms with Crippen molar-refractivity contribution in [2.75, 3.05) is 11.1 Å². The van der Waals surface area contributed by atoms with Gasteiger partial charge in [0, 0.05) is 4.88 Å². The quantitative estimate of drug-likeness (QED) is 0.360. The van der Waals surface area contributed by atoms with Gasteiger partial charge >= 0.3 is 0 Å². The van der Waals surface area contributed by atoms with Gasteiger partial charge in [0.2, 0.25) is 10.9 Å². The van der Waals surface area contributed by atoms with Gasteiger partial charge in [0.25, 0.3) is 5.91 Å². The molecule has 0 bridgehead atoms. The van der Waals surface area contributed by atoms with Crippen LogP contribution in [0, 0.1) is 0 Å². The number of thiophene rings is 1. The molecule has 0 aliphatic rings. The van der Waals surface area contributed by atoms with Gasteiger partial charge in [-0.05, 0) is 23.8 Å². The molecule has 3 heterocycles. The van der Waals surface area contributed by atoms with Crippen molar-refractivity contribution < 1.29 is 9.59 Å². The third-order valence-electron chi connectivity index (χ3n) is 4.55. The van der Waals surface area contributed by atoms with Gasteiger partial charge in [-0.15, -0.1) is 21.5 Å². The molecule has 154 valence electrons. The fraction of sp³-hybridized carbons (Fsp3) is 0.0476. The summed E-state index contributed by atoms with van der Waals surface area (Å²) in [5.74, 6) is -0.697. The molecule has 0 spiro atoms. The molecule has 7 nitrogen and oxygen atoms in total. The molecular formula is C21H15N5O2S3. The number of rotatable bonds is 6. The molecule has 0 saturated carbocycles. The van der Waals surface area contributed by atoms with Crippen LogP contribution in [-0.4, -0.2) is 32.2 Å². The van der Waals surface area contributed by atoms with Crippen LogP contribution in [0.2, 0.25) is 0 Å². The molecule has 10 heteroatoms. The topological polar surface area (TPSA) is 102 Å². The number of fused-ring (bicyclic) bond motifs is 3. The lowest BCUT2D eigenvalue weighted by molar-refractivity contribution is -0.113. The maximum Gasteiger partial charge on any atom is 0.251 e. The zero-order valence-electron chi connectivity index (χ0n) is 15.9. The lowest BCUT2D eigenvalue weighted by Crippen LogP contribution is -2.17. The number of nitrogens with zero attached hydrogens (tertiary/aromatic N) is 3. The summed E-state index contributed by atoms with van der Waals surface area (Å²) in [4.78, 5) is 26.2. The third kappa shape index (κ3) is 3.80. The van der Waals surface area contributed by atoms with E-state index in [-0.39, 0.29) is 11.7 Å². The normalized spacial score (nSPS) is 11.2. The number of thiazole rings is 1. The average molecular weight is 466 g/mol. The summed E-state index contributed by atoms with van der Waals surface area (Å²) in [7, 11) is 0. The average Bonchev–Trinajstić information content (AvgIpc) is 3.46. The molecule has 0 unspecified atom stereocenters. The Labute approximate surface area is 188 Å². The van der Waals surface area contributed by atoms with Crippen molar-refractivity contribution in [1.29, 1.82) is 0 Å². The Bertz CT molecular complexity index is 1420. The second kappa shape index (κ2) is 8.14. The van der Waals surface area contributed by atoms with Crippen LogP contribution in [0.1, 0.15) is 10.4 Å². The molecule has 0 radical (unpaired) electrons. The molecule has 2 amide bonds. The minimum Gasteiger partial charge on any atom is -0.366 e. The first-order valence-corrected chi connectivity index (χ1v) is 11.9. The van der Waals surface area contributed by atoms with E-state index in [1.165, 1.54) is 23.1 Å². The molecule has 0 aliphatic carbocycles. The first kappa shape index (κ1) is 19.7. The number of anilines is 1. The van der Waals surface area contributed by atoms with Gasteiger partial charge in [-0.3, -0.25) is 14.0 Å². The van der Waals surface area contributed by atoms with Crippen LogP contribution in [0.4, 0.5) is 5.00 Å². The van der Waals surface area contributed by atoms with E-state index in [0.29, 0.717) is 15.7 Å². The van der Waals surface area contributed by atoms with Crippen molar-refractivity contribution >= 4 is 66.4 Å². The zero-order valence-corrected chi connectivity index (χ0v) is 18.4. The number of benzene rings is 2. The largest absolute Gasteiger partial charge is 0.366 e. The molecule has 3 N–H and O–H groups in total. The highest BCUT2D eigenvalue weighted by Crippen LogP contribution is 2.35. The first-order valence-electron chi connectivity index (χ1n) is 9.24. The van der Waals surface area contributed by atoms with Gasteiger partial charge < -0.3 is 11.1 Å². The minimum absolute atomic E-state index is 0.127. The van der Waals surface area contributed by atoms with Crippen molar-refractivity contribution in [2.45, 2.75) is 5.16 Å². The highest BCUT2D eigenvalue weighted by atomic mass is 32.2. The second-order valence-electron chi connectivity index (χ2n) is 6.59. The predicted molar refractivity (Wildman–Crippen MR) is 126 cm³/mol. The molecule has 5 rings (SSSR count). The second-order valence-corrected chi connectivity index (χ2v) is 9.59. The lowest BCUT2D eigenvalue weighted by atomic mass is 10.1. The van der Waals surface area contributed by atoms with Crippen molar-refractivity contribution in [3.8, 4) is 10.4 Å². The van der Waals surface area contributed by atoms with E-state index in [9.17, 15) is 9.59 Å². The van der Waals surface area contributed by atoms with Crippen LogP contribution in [0.25, 0.3) is 25.6 Å². The number of nitrogens with two attached hydrogens (primary N) is 1. The smallest absolute Gasteiger partial charge is 0.251 e. The van der Waals surface area contributed by atoms with Crippen LogP contribution in [0.15, 0.2) is 65.8 Å². The van der Waals surface area contributed by atoms with Gasteiger partial charge in [0.15, 0.2) is 5.16 Å². The number of thioether (sulfide) groups is 1. The number of para-hydroxylation sites is 1. The van der Waals surface area contributed by atoms with Gasteiger partial charge in [-0.25, -0.2) is 0 Å². The maximum atomic E-state index is 12.6. The Balaban J connectivity index is 1.35. The van der Waals surface area contributed by atoms with Crippen molar-refractivity contribution in [1.82, 2.24) is 14.6 Å². The first-order chi connectivity index (χ1) is 15.1. The monoisotopic (exact) mass is 465 g/mol. The SMILES string of the molecule is NC(=O)c1cc(-c2ccccc2)sc1NC(=O)CSc1nnc2sc3ccccc3n12. The number of carbonyl (C=O) groups excluding carboxylic acids is 2. The molecule has 0 saturated heterocycles. The summed E-state index contributed by atoms with van der Waals surface area (Å²) in [5.41, 5.74) is 7.80. The zero-order chi connectivity index (χ0) is 21.4. The number of nitrogens with one attached hydrogen (secondary N) is 1. The molecule has 0 fully saturated rings. The van der Waals surface area contributed by atoms with Crippen LogP contribution in [0.3, 0.4) is 0 Å². The van der Waals surface area contributed by atoms with E-state index in [1.54, 1.807) is 17.4 Å². The summed E-state index contributed by atoms with van der Waals surface area (Å²) in [5, 5.41) is 12.3. The Kier molecular flexibility index (Phi) is 5.18. The van der Waals surface area contributed by atoms with Crippen molar-refractivity contribution in [3.63, 3.8) is 0 Å². The highest BCUT2D eigenvalue weighted by Gasteiger charge is 2.18. The fourth-order valence-corrected chi connectivity index (χ4v) is 6.01. The molecule has 0 atom stereocenters. The van der Waals surface area contributed by atoms with E-state index >= 15 is 0 Å². The van der Waals surface area contributed by atoms with Crippen LogP contribution in [0.5, 0.6) is 0 Å². The molecule has 2 aromatic carbocycles. The molecule has 5 aromatic rings. The summed E-state index contributed by atoms with van der Waals surface area (Å²) in [6.45, 7) is 0. The summed E-state index contributed by atoms with van der Waals surface area (Å²) in [6, 6.07) is 19.3. The van der Waals surface area contributed by atoms with E-state index in [4.69, 9.17) is 5.73 Å². The van der Waals surface area contributed by atoms with Crippen molar-refractivity contribution in [2.24, 2.45) is 5.73 Å². The Hall–Kier alpha value is -3.21. The van der Waals surface area contributed by atoms with E-state index < -0.39 is 5.91 Å². The number of amides is 2. The fourth-order valence-electron chi connectivity index (χ4n) is 3.15. The molecular weight excluding hydrogens is 450 g/mol. The Morgan fingerprint density at radius 1 is 1.03 bits per heavy atom. The van der Waals surface area contributed by atoms with Gasteiger partial charge in [-0.1, -0.05) is 65.6 Å². The summed E-state index contributed by atoms with van der Waals surface area (Å²) in [6.07, 6.45) is 0. The van der Waals surface area contributed by atoms with Gasteiger partial charge in [0.1, 0.15) is 5.00 Å². The minimum atomic E-state index is -0.578. The predicted octanol–water partition coefficient (Wildman–Crippen LogP) is 4.50. The lowest BCUT2D eigenvalue weighted by Gasteiger charge is -2.04. The number of primary amides is 1. The number of aromatic nitrogens is 3.